The minimum absolute atomic E-state index is 0.0221. The molecule has 1 atom stereocenters. The smallest absolute Gasteiger partial charge is 0.239 e. The van der Waals surface area contributed by atoms with Crippen molar-refractivity contribution in [3.05, 3.63) is 28.8 Å². The Morgan fingerprint density at radius 2 is 2.14 bits per heavy atom. The predicted octanol–water partition coefficient (Wildman–Crippen LogP) is 1.29. The number of hydrogen-bond donors (Lipinski definition) is 2. The van der Waals surface area contributed by atoms with Gasteiger partial charge in [-0.1, -0.05) is 11.6 Å². The van der Waals surface area contributed by atoms with Gasteiger partial charge in [0.1, 0.15) is 12.4 Å². The van der Waals surface area contributed by atoms with E-state index in [9.17, 15) is 9.59 Å². The lowest BCUT2D eigenvalue weighted by atomic mass is 9.96. The summed E-state index contributed by atoms with van der Waals surface area (Å²) in [6, 6.07) is 5.70. The Bertz CT molecular complexity index is 572. The molecule has 21 heavy (non-hydrogen) atoms. The SMILES string of the molecule is O=C(CNC(=O)[C@H]1COc2ccc(Cl)cc2C1)NC1CC1. The average molecular weight is 309 g/mol. The van der Waals surface area contributed by atoms with Crippen molar-refractivity contribution in [2.75, 3.05) is 13.2 Å². The number of carbonyl (C=O) groups is 2. The second-order valence-electron chi connectivity index (χ2n) is 5.52. The maximum atomic E-state index is 12.1. The predicted molar refractivity (Wildman–Crippen MR) is 78.3 cm³/mol. The van der Waals surface area contributed by atoms with E-state index in [0.717, 1.165) is 24.2 Å². The Morgan fingerprint density at radius 3 is 2.90 bits per heavy atom. The zero-order valence-electron chi connectivity index (χ0n) is 11.5. The van der Waals surface area contributed by atoms with Gasteiger partial charge >= 0.3 is 0 Å². The molecule has 1 heterocycles. The van der Waals surface area contributed by atoms with Crippen molar-refractivity contribution in [1.29, 1.82) is 0 Å². The Morgan fingerprint density at radius 1 is 1.33 bits per heavy atom. The third-order valence-corrected chi connectivity index (χ3v) is 3.90. The molecule has 1 aliphatic carbocycles. The number of amides is 2. The molecular formula is C15H17ClN2O3. The molecule has 112 valence electrons. The molecule has 2 N–H and O–H groups in total. The van der Waals surface area contributed by atoms with Crippen molar-refractivity contribution in [3.63, 3.8) is 0 Å². The molecule has 0 unspecified atom stereocenters. The third-order valence-electron chi connectivity index (χ3n) is 3.67. The number of carbonyl (C=O) groups excluding carboxylic acids is 2. The molecule has 0 bridgehead atoms. The Hall–Kier alpha value is -1.75. The largest absolute Gasteiger partial charge is 0.492 e. The van der Waals surface area contributed by atoms with Crippen molar-refractivity contribution >= 4 is 23.4 Å². The van der Waals surface area contributed by atoms with Crippen LogP contribution in [0.4, 0.5) is 0 Å². The summed E-state index contributed by atoms with van der Waals surface area (Å²) in [4.78, 5) is 23.6. The van der Waals surface area contributed by atoms with Gasteiger partial charge in [0.2, 0.25) is 11.8 Å². The van der Waals surface area contributed by atoms with Crippen molar-refractivity contribution in [2.24, 2.45) is 5.92 Å². The second-order valence-corrected chi connectivity index (χ2v) is 5.96. The Labute approximate surface area is 128 Å². The van der Waals surface area contributed by atoms with E-state index in [1.165, 1.54) is 0 Å². The van der Waals surface area contributed by atoms with Crippen LogP contribution in [0.15, 0.2) is 18.2 Å². The average Bonchev–Trinajstić information content (AvgIpc) is 3.27. The lowest BCUT2D eigenvalue weighted by molar-refractivity contribution is -0.129. The van der Waals surface area contributed by atoms with Crippen LogP contribution in [0.5, 0.6) is 5.75 Å². The third kappa shape index (κ3) is 3.67. The van der Waals surface area contributed by atoms with Crippen LogP contribution in [0.2, 0.25) is 5.02 Å². The van der Waals surface area contributed by atoms with Crippen molar-refractivity contribution in [2.45, 2.75) is 25.3 Å². The van der Waals surface area contributed by atoms with E-state index in [1.807, 2.05) is 12.1 Å². The molecule has 1 saturated carbocycles. The first kappa shape index (κ1) is 14.2. The summed E-state index contributed by atoms with van der Waals surface area (Å²) in [5, 5.41) is 6.13. The molecule has 1 aliphatic heterocycles. The quantitative estimate of drug-likeness (QED) is 0.880. The van der Waals surface area contributed by atoms with Crippen LogP contribution < -0.4 is 15.4 Å². The van der Waals surface area contributed by atoms with E-state index in [-0.39, 0.29) is 24.3 Å². The van der Waals surface area contributed by atoms with Crippen molar-refractivity contribution in [3.8, 4) is 5.75 Å². The Kier molecular flexibility index (Phi) is 4.01. The second kappa shape index (κ2) is 5.93. The highest BCUT2D eigenvalue weighted by atomic mass is 35.5. The van der Waals surface area contributed by atoms with Gasteiger partial charge in [-0.25, -0.2) is 0 Å². The summed E-state index contributed by atoms with van der Waals surface area (Å²) in [6.07, 6.45) is 2.65. The van der Waals surface area contributed by atoms with Gasteiger partial charge in [0, 0.05) is 11.1 Å². The van der Waals surface area contributed by atoms with Gasteiger partial charge < -0.3 is 15.4 Å². The van der Waals surface area contributed by atoms with E-state index in [1.54, 1.807) is 6.07 Å². The molecule has 1 fully saturated rings. The molecule has 5 nitrogen and oxygen atoms in total. The van der Waals surface area contributed by atoms with Crippen LogP contribution in [-0.2, 0) is 16.0 Å². The lowest BCUT2D eigenvalue weighted by Crippen LogP contribution is -2.43. The summed E-state index contributed by atoms with van der Waals surface area (Å²) in [5.41, 5.74) is 0.927. The molecule has 3 rings (SSSR count). The number of ether oxygens (including phenoxy) is 1. The summed E-state index contributed by atoms with van der Waals surface area (Å²) >= 11 is 5.95. The number of nitrogens with one attached hydrogen (secondary N) is 2. The molecule has 0 spiro atoms. The summed E-state index contributed by atoms with van der Waals surface area (Å²) < 4.78 is 5.57. The maximum Gasteiger partial charge on any atom is 0.239 e. The molecular weight excluding hydrogens is 292 g/mol. The van der Waals surface area contributed by atoms with E-state index in [2.05, 4.69) is 10.6 Å². The Balaban J connectivity index is 1.52. The van der Waals surface area contributed by atoms with E-state index >= 15 is 0 Å². The normalized spacial score (nSPS) is 20.1. The standard InChI is InChI=1S/C15H17ClN2O3/c16-11-1-4-13-9(6-11)5-10(8-21-13)15(20)17-7-14(19)18-12-2-3-12/h1,4,6,10,12H,2-3,5,7-8H2,(H,17,20)(H,18,19)/t10-/m1/s1. The van der Waals surface area contributed by atoms with Gasteiger partial charge in [0.05, 0.1) is 12.5 Å². The minimum Gasteiger partial charge on any atom is -0.492 e. The highest BCUT2D eigenvalue weighted by molar-refractivity contribution is 6.30. The van der Waals surface area contributed by atoms with Crippen molar-refractivity contribution in [1.82, 2.24) is 10.6 Å². The molecule has 0 aromatic heterocycles. The number of hydrogen-bond acceptors (Lipinski definition) is 3. The number of halogens is 1. The van der Waals surface area contributed by atoms with E-state index in [4.69, 9.17) is 16.3 Å². The fourth-order valence-corrected chi connectivity index (χ4v) is 2.54. The zero-order valence-corrected chi connectivity index (χ0v) is 12.3. The minimum atomic E-state index is -0.287. The van der Waals surface area contributed by atoms with Crippen LogP contribution in [0.1, 0.15) is 18.4 Å². The van der Waals surface area contributed by atoms with Gasteiger partial charge in [-0.05, 0) is 43.0 Å². The first-order chi connectivity index (χ1) is 10.1. The van der Waals surface area contributed by atoms with Crippen molar-refractivity contribution < 1.29 is 14.3 Å². The van der Waals surface area contributed by atoms with Crippen LogP contribution in [0, 0.1) is 5.92 Å². The highest BCUT2D eigenvalue weighted by Crippen LogP contribution is 2.29. The van der Waals surface area contributed by atoms with Crippen LogP contribution in [0.25, 0.3) is 0 Å². The molecule has 1 aromatic carbocycles. The van der Waals surface area contributed by atoms with Gasteiger partial charge in [-0.2, -0.15) is 0 Å². The fraction of sp³-hybridized carbons (Fsp3) is 0.467. The van der Waals surface area contributed by atoms with E-state index in [0.29, 0.717) is 24.1 Å². The van der Waals surface area contributed by atoms with Gasteiger partial charge in [-0.15, -0.1) is 0 Å². The molecule has 1 aromatic rings. The molecule has 0 saturated heterocycles. The molecule has 6 heteroatoms. The molecule has 0 radical (unpaired) electrons. The topological polar surface area (TPSA) is 67.4 Å². The first-order valence-electron chi connectivity index (χ1n) is 7.10. The summed E-state index contributed by atoms with van der Waals surface area (Å²) in [7, 11) is 0. The fourth-order valence-electron chi connectivity index (χ4n) is 2.35. The zero-order chi connectivity index (χ0) is 14.8. The van der Waals surface area contributed by atoms with Gasteiger partial charge in [-0.3, -0.25) is 9.59 Å². The van der Waals surface area contributed by atoms with E-state index < -0.39 is 0 Å². The number of fused-ring (bicyclic) bond motifs is 1. The van der Waals surface area contributed by atoms with Gasteiger partial charge in [0.15, 0.2) is 0 Å². The number of rotatable bonds is 4. The first-order valence-corrected chi connectivity index (χ1v) is 7.48. The lowest BCUT2D eigenvalue weighted by Gasteiger charge is -2.24. The van der Waals surface area contributed by atoms with Gasteiger partial charge in [0.25, 0.3) is 0 Å². The molecule has 2 amide bonds. The monoisotopic (exact) mass is 308 g/mol. The van der Waals surface area contributed by atoms with Crippen LogP contribution in [0.3, 0.4) is 0 Å². The summed E-state index contributed by atoms with van der Waals surface area (Å²) in [6.45, 7) is 0.346. The summed E-state index contributed by atoms with van der Waals surface area (Å²) in [5.74, 6) is 0.192. The number of benzene rings is 1. The molecule has 2 aliphatic rings. The van der Waals surface area contributed by atoms with Crippen LogP contribution in [-0.4, -0.2) is 31.0 Å². The maximum absolute atomic E-state index is 12.1. The van der Waals surface area contributed by atoms with Crippen LogP contribution >= 0.6 is 11.6 Å². The highest BCUT2D eigenvalue weighted by Gasteiger charge is 2.27.